The van der Waals surface area contributed by atoms with Crippen LogP contribution < -0.4 is 14.6 Å². The highest BCUT2D eigenvalue weighted by atomic mass is 32.2. The molecular formula is C15H15N2O5S-. The fourth-order valence-electron chi connectivity index (χ4n) is 1.75. The number of nitrogens with zero attached hydrogens (tertiary/aromatic N) is 2. The van der Waals surface area contributed by atoms with Crippen LogP contribution in [-0.2, 0) is 4.79 Å². The second-order valence-corrected chi connectivity index (χ2v) is 5.32. The monoisotopic (exact) mass is 335 g/mol. The third-order valence-electron chi connectivity index (χ3n) is 2.69. The molecule has 0 aliphatic heterocycles. The van der Waals surface area contributed by atoms with Crippen molar-refractivity contribution in [1.82, 2.24) is 10.2 Å². The Balaban J connectivity index is 2.31. The maximum atomic E-state index is 11.3. The Morgan fingerprint density at radius 1 is 1.39 bits per heavy atom. The Bertz CT molecular complexity index is 726. The molecule has 1 heterocycles. The predicted molar refractivity (Wildman–Crippen MR) is 82.0 cm³/mol. The van der Waals surface area contributed by atoms with E-state index in [0.29, 0.717) is 29.6 Å². The standard InChI is InChI=1S/C15H16N2O5S/c1-4-21-12-7-10(5-6-11(12)20-3)8-13(14(18)19)23-15-17-16-9(2)22-15/h5-8H,4H2,1-3H3,(H,18,19)/p-1/b13-8-. The lowest BCUT2D eigenvalue weighted by Gasteiger charge is -2.11. The number of carboxylic acid groups (broad SMARTS) is 1. The van der Waals surface area contributed by atoms with Crippen LogP contribution in [0.3, 0.4) is 0 Å². The minimum Gasteiger partial charge on any atom is -0.544 e. The first-order valence-corrected chi connectivity index (χ1v) is 7.57. The van der Waals surface area contributed by atoms with Crippen LogP contribution in [0.15, 0.2) is 32.7 Å². The normalized spacial score (nSPS) is 11.3. The zero-order valence-electron chi connectivity index (χ0n) is 12.9. The van der Waals surface area contributed by atoms with Gasteiger partial charge >= 0.3 is 0 Å². The molecule has 2 rings (SSSR count). The maximum absolute atomic E-state index is 11.3. The average molecular weight is 335 g/mol. The van der Waals surface area contributed by atoms with E-state index in [-0.39, 0.29) is 10.1 Å². The lowest BCUT2D eigenvalue weighted by molar-refractivity contribution is -0.298. The van der Waals surface area contributed by atoms with Crippen molar-refractivity contribution in [3.05, 3.63) is 34.6 Å². The SMILES string of the molecule is CCOc1cc(/C=C(\Sc2nnc(C)o2)C(=O)[O-])ccc1OC. The highest BCUT2D eigenvalue weighted by molar-refractivity contribution is 8.03. The Morgan fingerprint density at radius 3 is 2.74 bits per heavy atom. The number of hydrogen-bond donors (Lipinski definition) is 0. The van der Waals surface area contributed by atoms with Gasteiger partial charge in [0.15, 0.2) is 11.5 Å². The molecule has 0 unspecified atom stereocenters. The average Bonchev–Trinajstić information content (AvgIpc) is 2.92. The molecule has 0 radical (unpaired) electrons. The molecule has 0 N–H and O–H groups in total. The highest BCUT2D eigenvalue weighted by Crippen LogP contribution is 2.31. The number of carboxylic acids is 1. The second kappa shape index (κ2) is 7.68. The van der Waals surface area contributed by atoms with E-state index in [1.807, 2.05) is 6.92 Å². The van der Waals surface area contributed by atoms with Gasteiger partial charge in [0.1, 0.15) is 0 Å². The molecule has 7 nitrogen and oxygen atoms in total. The van der Waals surface area contributed by atoms with Crippen molar-refractivity contribution in [3.8, 4) is 11.5 Å². The lowest BCUT2D eigenvalue weighted by Crippen LogP contribution is -2.23. The van der Waals surface area contributed by atoms with Crippen molar-refractivity contribution in [2.45, 2.75) is 19.1 Å². The van der Waals surface area contributed by atoms with Crippen LogP contribution in [0.2, 0.25) is 0 Å². The highest BCUT2D eigenvalue weighted by Gasteiger charge is 2.10. The number of thioether (sulfide) groups is 1. The number of ether oxygens (including phenoxy) is 2. The Labute approximate surface area is 137 Å². The molecule has 0 atom stereocenters. The molecule has 0 bridgehead atoms. The van der Waals surface area contributed by atoms with Crippen molar-refractivity contribution < 1.29 is 23.8 Å². The van der Waals surface area contributed by atoms with Crippen LogP contribution in [0, 0.1) is 6.92 Å². The van der Waals surface area contributed by atoms with Crippen molar-refractivity contribution in [3.63, 3.8) is 0 Å². The molecule has 1 aromatic carbocycles. The fraction of sp³-hybridized carbons (Fsp3) is 0.267. The molecule has 0 spiro atoms. The zero-order chi connectivity index (χ0) is 16.8. The van der Waals surface area contributed by atoms with Gasteiger partial charge < -0.3 is 23.8 Å². The largest absolute Gasteiger partial charge is 0.544 e. The first kappa shape index (κ1) is 16.9. The van der Waals surface area contributed by atoms with Gasteiger partial charge in [-0.05, 0) is 42.5 Å². The number of aromatic nitrogens is 2. The second-order valence-electron chi connectivity index (χ2n) is 4.33. The third-order valence-corrected chi connectivity index (χ3v) is 3.54. The summed E-state index contributed by atoms with van der Waals surface area (Å²) in [6.45, 7) is 3.94. The summed E-state index contributed by atoms with van der Waals surface area (Å²) in [7, 11) is 1.54. The van der Waals surface area contributed by atoms with Crippen LogP contribution in [0.4, 0.5) is 0 Å². The Kier molecular flexibility index (Phi) is 5.64. The number of benzene rings is 1. The van der Waals surface area contributed by atoms with E-state index < -0.39 is 5.97 Å². The molecule has 0 saturated heterocycles. The van der Waals surface area contributed by atoms with Crippen molar-refractivity contribution in [2.75, 3.05) is 13.7 Å². The van der Waals surface area contributed by atoms with E-state index >= 15 is 0 Å². The van der Waals surface area contributed by atoms with Gasteiger partial charge in [-0.1, -0.05) is 6.07 Å². The van der Waals surface area contributed by atoms with Crippen LogP contribution >= 0.6 is 11.8 Å². The third kappa shape index (κ3) is 4.49. The van der Waals surface area contributed by atoms with E-state index in [4.69, 9.17) is 13.9 Å². The minimum atomic E-state index is -1.33. The van der Waals surface area contributed by atoms with E-state index in [1.54, 1.807) is 25.1 Å². The van der Waals surface area contributed by atoms with Gasteiger partial charge in [0.25, 0.3) is 5.22 Å². The van der Waals surface area contributed by atoms with E-state index in [9.17, 15) is 9.90 Å². The number of aliphatic carboxylic acids is 1. The summed E-state index contributed by atoms with van der Waals surface area (Å²) >= 11 is 0.828. The Morgan fingerprint density at radius 2 is 2.17 bits per heavy atom. The number of rotatable bonds is 7. The summed E-state index contributed by atoms with van der Waals surface area (Å²) < 4.78 is 15.8. The predicted octanol–water partition coefficient (Wildman–Crippen LogP) is 1.67. The van der Waals surface area contributed by atoms with Crippen LogP contribution in [-0.4, -0.2) is 29.9 Å². The van der Waals surface area contributed by atoms with Crippen LogP contribution in [0.5, 0.6) is 11.5 Å². The van der Waals surface area contributed by atoms with Crippen molar-refractivity contribution in [1.29, 1.82) is 0 Å². The molecule has 0 fully saturated rings. The molecule has 8 heteroatoms. The van der Waals surface area contributed by atoms with Gasteiger partial charge in [-0.25, -0.2) is 0 Å². The number of aryl methyl sites for hydroxylation is 1. The van der Waals surface area contributed by atoms with E-state index in [0.717, 1.165) is 11.8 Å². The zero-order valence-corrected chi connectivity index (χ0v) is 13.7. The van der Waals surface area contributed by atoms with Crippen molar-refractivity contribution >= 4 is 23.8 Å². The smallest absolute Gasteiger partial charge is 0.281 e. The molecule has 0 amide bonds. The van der Waals surface area contributed by atoms with Gasteiger partial charge in [0.05, 0.1) is 19.7 Å². The Hall–Kier alpha value is -2.48. The topological polar surface area (TPSA) is 97.5 Å². The maximum Gasteiger partial charge on any atom is 0.281 e. The number of hydrogen-bond acceptors (Lipinski definition) is 8. The summed E-state index contributed by atoms with van der Waals surface area (Å²) in [4.78, 5) is 11.2. The van der Waals surface area contributed by atoms with Crippen LogP contribution in [0.25, 0.3) is 6.08 Å². The summed E-state index contributed by atoms with van der Waals surface area (Å²) in [6, 6.07) is 5.10. The van der Waals surface area contributed by atoms with Gasteiger partial charge in [-0.3, -0.25) is 0 Å². The van der Waals surface area contributed by atoms with Crippen LogP contribution in [0.1, 0.15) is 18.4 Å². The van der Waals surface area contributed by atoms with E-state index in [2.05, 4.69) is 10.2 Å². The molecule has 2 aromatic rings. The molecule has 23 heavy (non-hydrogen) atoms. The summed E-state index contributed by atoms with van der Waals surface area (Å²) in [6.07, 6.45) is 1.45. The number of carbonyl (C=O) groups excluding carboxylic acids is 1. The molecule has 0 aliphatic carbocycles. The number of methoxy groups -OCH3 is 1. The van der Waals surface area contributed by atoms with Gasteiger partial charge in [0.2, 0.25) is 5.89 Å². The summed E-state index contributed by atoms with van der Waals surface area (Å²) in [5, 5.41) is 18.8. The van der Waals surface area contributed by atoms with E-state index in [1.165, 1.54) is 13.2 Å². The lowest BCUT2D eigenvalue weighted by atomic mass is 10.2. The fourth-order valence-corrected chi connectivity index (χ4v) is 2.46. The molecule has 1 aromatic heterocycles. The van der Waals surface area contributed by atoms with Gasteiger partial charge in [-0.2, -0.15) is 0 Å². The quantitative estimate of drug-likeness (QED) is 0.557. The van der Waals surface area contributed by atoms with Gasteiger partial charge in [0, 0.05) is 11.8 Å². The summed E-state index contributed by atoms with van der Waals surface area (Å²) in [5.41, 5.74) is 0.622. The first-order valence-electron chi connectivity index (χ1n) is 6.75. The van der Waals surface area contributed by atoms with Crippen molar-refractivity contribution in [2.24, 2.45) is 0 Å². The minimum absolute atomic E-state index is 0.0544. The molecular weight excluding hydrogens is 320 g/mol. The summed E-state index contributed by atoms with van der Waals surface area (Å²) in [5.74, 6) is 0.118. The molecule has 0 aliphatic rings. The first-order chi connectivity index (χ1) is 11.0. The molecule has 0 saturated carbocycles. The van der Waals surface area contributed by atoms with Gasteiger partial charge in [-0.15, -0.1) is 10.2 Å². The number of carbonyl (C=O) groups is 1. The molecule has 122 valence electrons.